The third kappa shape index (κ3) is 5.46. The molecular weight excluding hydrogens is 360 g/mol. The van der Waals surface area contributed by atoms with Gasteiger partial charge in [-0.1, -0.05) is 19.3 Å². The number of ketones is 1. The summed E-state index contributed by atoms with van der Waals surface area (Å²) >= 11 is 0. The van der Waals surface area contributed by atoms with Gasteiger partial charge in [0.2, 0.25) is 0 Å². The van der Waals surface area contributed by atoms with Crippen LogP contribution in [0.3, 0.4) is 0 Å². The number of hydrogen-bond acceptors (Lipinski definition) is 5. The summed E-state index contributed by atoms with van der Waals surface area (Å²) in [7, 11) is 1.75. The number of carbonyl (C=O) groups is 3. The molecule has 1 aliphatic carbocycles. The number of carbonyl (C=O) groups excluding carboxylic acids is 3. The van der Waals surface area contributed by atoms with E-state index in [0.29, 0.717) is 25.5 Å². The number of hydrogen-bond donors (Lipinski definition) is 1. The van der Waals surface area contributed by atoms with E-state index in [9.17, 15) is 19.5 Å². The number of urea groups is 1. The normalized spacial score (nSPS) is 28.9. The Balaban J connectivity index is 1.60. The molecule has 7 nitrogen and oxygen atoms in total. The Morgan fingerprint density at radius 3 is 2.54 bits per heavy atom. The average molecular weight is 397 g/mol. The summed E-state index contributed by atoms with van der Waals surface area (Å²) in [5.74, 6) is 0.310. The van der Waals surface area contributed by atoms with Crippen molar-refractivity contribution in [1.82, 2.24) is 9.80 Å². The van der Waals surface area contributed by atoms with Crippen LogP contribution in [0.5, 0.6) is 0 Å². The highest BCUT2D eigenvalue weighted by Crippen LogP contribution is 2.55. The van der Waals surface area contributed by atoms with Crippen LogP contribution >= 0.6 is 0 Å². The minimum absolute atomic E-state index is 0.0592. The van der Waals surface area contributed by atoms with Crippen molar-refractivity contribution >= 4 is 17.8 Å². The number of β-amino-alcohol motifs (C(OH)–C–C–N with tert-alkyl or cyclic N) is 1. The van der Waals surface area contributed by atoms with Crippen molar-refractivity contribution in [3.63, 3.8) is 0 Å². The average Bonchev–Trinajstić information content (AvgIpc) is 3.14. The molecule has 0 spiro atoms. The maximum atomic E-state index is 12.6. The molecule has 1 aliphatic heterocycles. The summed E-state index contributed by atoms with van der Waals surface area (Å²) in [4.78, 5) is 39.3. The molecule has 160 valence electrons. The Labute approximate surface area is 168 Å². The number of aliphatic hydroxyl groups is 1. The number of amides is 2. The molecule has 0 radical (unpaired) electrons. The van der Waals surface area contributed by atoms with Crippen molar-refractivity contribution in [3.8, 4) is 0 Å². The number of esters is 1. The van der Waals surface area contributed by atoms with E-state index in [2.05, 4.69) is 0 Å². The van der Waals surface area contributed by atoms with Gasteiger partial charge in [0, 0.05) is 26.6 Å². The Morgan fingerprint density at radius 2 is 1.89 bits per heavy atom. The highest BCUT2D eigenvalue weighted by molar-refractivity contribution is 5.87. The predicted molar refractivity (Wildman–Crippen MR) is 106 cm³/mol. The van der Waals surface area contributed by atoms with Crippen LogP contribution in [-0.2, 0) is 14.3 Å². The predicted octanol–water partition coefficient (Wildman–Crippen LogP) is 2.60. The minimum Gasteiger partial charge on any atom is -0.466 e. The van der Waals surface area contributed by atoms with Gasteiger partial charge in [0.15, 0.2) is 5.78 Å². The Hall–Kier alpha value is -1.63. The van der Waals surface area contributed by atoms with E-state index in [1.54, 1.807) is 11.9 Å². The van der Waals surface area contributed by atoms with Gasteiger partial charge in [0.1, 0.15) is 0 Å². The summed E-state index contributed by atoms with van der Waals surface area (Å²) in [5.41, 5.74) is -0.268. The fourth-order valence-electron chi connectivity index (χ4n) is 4.24. The second-order valence-electron chi connectivity index (χ2n) is 8.61. The Bertz CT molecular complexity index is 581. The van der Waals surface area contributed by atoms with Crippen LogP contribution in [0.4, 0.5) is 4.79 Å². The second kappa shape index (κ2) is 9.72. The van der Waals surface area contributed by atoms with Crippen molar-refractivity contribution in [2.24, 2.45) is 11.3 Å². The van der Waals surface area contributed by atoms with Gasteiger partial charge < -0.3 is 19.6 Å². The topological polar surface area (TPSA) is 87.2 Å². The molecule has 4 atom stereocenters. The van der Waals surface area contributed by atoms with E-state index < -0.39 is 12.1 Å². The zero-order valence-corrected chi connectivity index (χ0v) is 17.8. The molecule has 2 amide bonds. The lowest BCUT2D eigenvalue weighted by Gasteiger charge is -2.28. The smallest absolute Gasteiger partial charge is 0.320 e. The molecule has 0 aromatic carbocycles. The lowest BCUT2D eigenvalue weighted by atomic mass is 10.0. The molecule has 0 aromatic heterocycles. The zero-order valence-electron chi connectivity index (χ0n) is 17.8. The molecule has 2 fully saturated rings. The molecule has 2 aliphatic rings. The van der Waals surface area contributed by atoms with Crippen molar-refractivity contribution in [2.75, 3.05) is 26.7 Å². The van der Waals surface area contributed by atoms with E-state index in [1.807, 2.05) is 13.8 Å². The van der Waals surface area contributed by atoms with E-state index in [0.717, 1.165) is 38.5 Å². The Kier molecular flexibility index (Phi) is 7.87. The second-order valence-corrected chi connectivity index (χ2v) is 8.61. The highest BCUT2D eigenvalue weighted by Gasteiger charge is 2.56. The van der Waals surface area contributed by atoms with Gasteiger partial charge in [0.25, 0.3) is 0 Å². The van der Waals surface area contributed by atoms with E-state index >= 15 is 0 Å². The number of nitrogens with zero attached hydrogens (tertiary/aromatic N) is 2. The number of likely N-dealkylation sites (tertiary alicyclic amines) is 1. The first-order valence-corrected chi connectivity index (χ1v) is 10.6. The minimum atomic E-state index is -0.617. The molecule has 1 saturated heterocycles. The lowest BCUT2D eigenvalue weighted by molar-refractivity contribution is -0.149. The van der Waals surface area contributed by atoms with Crippen LogP contribution in [0, 0.1) is 11.3 Å². The van der Waals surface area contributed by atoms with Gasteiger partial charge in [-0.2, -0.15) is 0 Å². The fourth-order valence-corrected chi connectivity index (χ4v) is 4.24. The van der Waals surface area contributed by atoms with E-state index in [-0.39, 0.29) is 29.7 Å². The van der Waals surface area contributed by atoms with Gasteiger partial charge in [-0.3, -0.25) is 9.59 Å². The van der Waals surface area contributed by atoms with Crippen LogP contribution in [0.2, 0.25) is 0 Å². The van der Waals surface area contributed by atoms with Gasteiger partial charge in [-0.25, -0.2) is 4.79 Å². The van der Waals surface area contributed by atoms with Crippen LogP contribution in [0.1, 0.15) is 65.7 Å². The van der Waals surface area contributed by atoms with Crippen molar-refractivity contribution < 1.29 is 24.2 Å². The summed E-state index contributed by atoms with van der Waals surface area (Å²) in [6.07, 6.45) is 5.80. The van der Waals surface area contributed by atoms with Crippen LogP contribution in [0.25, 0.3) is 0 Å². The molecule has 1 unspecified atom stereocenters. The molecule has 1 N–H and O–H groups in total. The maximum absolute atomic E-state index is 12.6. The largest absolute Gasteiger partial charge is 0.466 e. The molecule has 28 heavy (non-hydrogen) atoms. The SMILES string of the molecule is CCOC(=O)[C@@]1(C)CC1CCCCCCN(C)C(=O)N1C[C@@H](O)C[C@H]1C(C)=O. The first kappa shape index (κ1) is 22.7. The molecule has 1 saturated carbocycles. The molecule has 1 heterocycles. The third-order valence-electron chi connectivity index (χ3n) is 6.27. The van der Waals surface area contributed by atoms with Gasteiger partial charge in [0.05, 0.1) is 24.2 Å². The van der Waals surface area contributed by atoms with Crippen molar-refractivity contribution in [3.05, 3.63) is 0 Å². The quantitative estimate of drug-likeness (QED) is 0.453. The molecule has 7 heteroatoms. The number of unbranched alkanes of at least 4 members (excludes halogenated alkanes) is 3. The first-order valence-electron chi connectivity index (χ1n) is 10.6. The standard InChI is InChI=1S/C21H36N2O5/c1-5-28-19(26)21(3)13-16(21)10-8-6-7-9-11-22(4)20(27)23-14-17(25)12-18(23)15(2)24/h16-18,25H,5-14H2,1-4H3/t16?,17-,18-,21-/m0/s1. The van der Waals surface area contributed by atoms with E-state index in [4.69, 9.17) is 4.74 Å². The Morgan fingerprint density at radius 1 is 1.21 bits per heavy atom. The van der Waals surface area contributed by atoms with Crippen LogP contribution in [-0.4, -0.2) is 71.6 Å². The number of aliphatic hydroxyl groups excluding tert-OH is 1. The number of ether oxygens (including phenoxy) is 1. The summed E-state index contributed by atoms with van der Waals surface area (Å²) in [5, 5.41) is 9.78. The third-order valence-corrected chi connectivity index (χ3v) is 6.27. The first-order chi connectivity index (χ1) is 13.2. The highest BCUT2D eigenvalue weighted by atomic mass is 16.5. The number of rotatable bonds is 10. The van der Waals surface area contributed by atoms with Crippen molar-refractivity contribution in [2.45, 2.75) is 77.9 Å². The van der Waals surface area contributed by atoms with Crippen LogP contribution < -0.4 is 0 Å². The van der Waals surface area contributed by atoms with Gasteiger partial charge in [-0.05, 0) is 46.0 Å². The molecular formula is C21H36N2O5. The summed E-state index contributed by atoms with van der Waals surface area (Å²) < 4.78 is 5.15. The molecule has 0 aromatic rings. The fraction of sp³-hybridized carbons (Fsp3) is 0.857. The summed E-state index contributed by atoms with van der Waals surface area (Å²) in [6.45, 7) is 6.62. The molecule has 0 bridgehead atoms. The maximum Gasteiger partial charge on any atom is 0.320 e. The van der Waals surface area contributed by atoms with Gasteiger partial charge in [-0.15, -0.1) is 0 Å². The van der Waals surface area contributed by atoms with Crippen LogP contribution in [0.15, 0.2) is 0 Å². The summed E-state index contributed by atoms with van der Waals surface area (Å²) in [6, 6.07) is -0.683. The van der Waals surface area contributed by atoms with Crippen molar-refractivity contribution in [1.29, 1.82) is 0 Å². The lowest BCUT2D eigenvalue weighted by Crippen LogP contribution is -2.46. The zero-order chi connectivity index (χ0) is 20.9. The monoisotopic (exact) mass is 396 g/mol. The van der Waals surface area contributed by atoms with Gasteiger partial charge >= 0.3 is 12.0 Å². The molecule has 2 rings (SSSR count). The number of Topliss-reactive ketones (excluding diaryl/α,β-unsaturated/α-hetero) is 1. The van der Waals surface area contributed by atoms with E-state index in [1.165, 1.54) is 11.8 Å².